The molecular formula is C13H25N3O3. The molecule has 0 aliphatic carbocycles. The van der Waals surface area contributed by atoms with E-state index in [-0.39, 0.29) is 17.9 Å². The number of ether oxygens (including phenoxy) is 1. The van der Waals surface area contributed by atoms with E-state index in [4.69, 9.17) is 10.5 Å². The molecule has 1 fully saturated rings. The molecule has 0 radical (unpaired) electrons. The number of nitrogens with zero attached hydrogens (tertiary/aromatic N) is 1. The van der Waals surface area contributed by atoms with Gasteiger partial charge in [0.25, 0.3) is 0 Å². The van der Waals surface area contributed by atoms with Crippen LogP contribution in [0, 0.1) is 5.92 Å². The number of hydrogen-bond acceptors (Lipinski definition) is 4. The molecule has 1 rings (SSSR count). The van der Waals surface area contributed by atoms with Crippen molar-refractivity contribution in [2.24, 2.45) is 11.7 Å². The van der Waals surface area contributed by atoms with E-state index in [0.29, 0.717) is 19.7 Å². The van der Waals surface area contributed by atoms with Crippen LogP contribution in [0.1, 0.15) is 33.6 Å². The molecule has 6 heteroatoms. The van der Waals surface area contributed by atoms with Gasteiger partial charge in [-0.05, 0) is 25.7 Å². The number of piperidine rings is 1. The topological polar surface area (TPSA) is 84.7 Å². The average molecular weight is 271 g/mol. The Kier molecular flexibility index (Phi) is 6.08. The highest BCUT2D eigenvalue weighted by Gasteiger charge is 2.29. The molecule has 2 atom stereocenters. The van der Waals surface area contributed by atoms with E-state index in [0.717, 1.165) is 12.8 Å². The molecule has 19 heavy (non-hydrogen) atoms. The van der Waals surface area contributed by atoms with Gasteiger partial charge in [0.05, 0.1) is 12.6 Å². The van der Waals surface area contributed by atoms with Gasteiger partial charge in [0.1, 0.15) is 0 Å². The molecule has 0 aromatic heterocycles. The lowest BCUT2D eigenvalue weighted by molar-refractivity contribution is -0.134. The fourth-order valence-corrected chi connectivity index (χ4v) is 2.13. The maximum Gasteiger partial charge on any atom is 0.407 e. The smallest absolute Gasteiger partial charge is 0.407 e. The lowest BCUT2D eigenvalue weighted by Crippen LogP contribution is -2.54. The van der Waals surface area contributed by atoms with Crippen molar-refractivity contribution >= 4 is 12.0 Å². The molecule has 110 valence electrons. The predicted octanol–water partition coefficient (Wildman–Crippen LogP) is 0.707. The van der Waals surface area contributed by atoms with Crippen LogP contribution >= 0.6 is 0 Å². The maximum atomic E-state index is 12.2. The predicted molar refractivity (Wildman–Crippen MR) is 72.6 cm³/mol. The monoisotopic (exact) mass is 271 g/mol. The maximum absolute atomic E-state index is 12.2. The van der Waals surface area contributed by atoms with Crippen molar-refractivity contribution in [1.29, 1.82) is 0 Å². The van der Waals surface area contributed by atoms with Gasteiger partial charge in [-0.25, -0.2) is 4.79 Å². The van der Waals surface area contributed by atoms with E-state index >= 15 is 0 Å². The molecule has 3 N–H and O–H groups in total. The molecule has 0 aromatic carbocycles. The first kappa shape index (κ1) is 15.8. The van der Waals surface area contributed by atoms with Crippen molar-refractivity contribution in [3.05, 3.63) is 0 Å². The van der Waals surface area contributed by atoms with Crippen molar-refractivity contribution < 1.29 is 14.3 Å². The van der Waals surface area contributed by atoms with Gasteiger partial charge in [-0.15, -0.1) is 0 Å². The van der Waals surface area contributed by atoms with Gasteiger partial charge >= 0.3 is 6.09 Å². The molecule has 0 bridgehead atoms. The second kappa shape index (κ2) is 7.33. The second-order valence-corrected chi connectivity index (χ2v) is 5.26. The largest absolute Gasteiger partial charge is 0.450 e. The van der Waals surface area contributed by atoms with E-state index in [9.17, 15) is 9.59 Å². The Balaban J connectivity index is 2.50. The van der Waals surface area contributed by atoms with E-state index < -0.39 is 12.1 Å². The van der Waals surface area contributed by atoms with Crippen LogP contribution in [0.4, 0.5) is 4.79 Å². The summed E-state index contributed by atoms with van der Waals surface area (Å²) < 4.78 is 4.85. The molecule has 2 amide bonds. The summed E-state index contributed by atoms with van der Waals surface area (Å²) >= 11 is 0. The minimum atomic E-state index is -0.471. The number of alkyl carbamates (subject to hydrolysis) is 1. The quantitative estimate of drug-likeness (QED) is 0.788. The van der Waals surface area contributed by atoms with Crippen LogP contribution < -0.4 is 11.1 Å². The molecule has 0 saturated carbocycles. The van der Waals surface area contributed by atoms with Crippen LogP contribution in [0.25, 0.3) is 0 Å². The lowest BCUT2D eigenvalue weighted by Gasteiger charge is -2.35. The van der Waals surface area contributed by atoms with Gasteiger partial charge in [-0.3, -0.25) is 4.79 Å². The summed E-state index contributed by atoms with van der Waals surface area (Å²) in [5.41, 5.74) is 5.88. The number of rotatable bonds is 4. The number of nitrogens with one attached hydrogen (secondary N) is 1. The summed E-state index contributed by atoms with van der Waals surface area (Å²) in [4.78, 5) is 25.3. The van der Waals surface area contributed by atoms with E-state index in [2.05, 4.69) is 5.32 Å². The highest BCUT2D eigenvalue weighted by Crippen LogP contribution is 2.13. The zero-order valence-corrected chi connectivity index (χ0v) is 12.0. The van der Waals surface area contributed by atoms with Gasteiger partial charge in [-0.1, -0.05) is 13.8 Å². The normalized spacial score (nSPS) is 21.1. The molecule has 2 unspecified atom stereocenters. The number of hydrogen-bond donors (Lipinski definition) is 2. The zero-order valence-electron chi connectivity index (χ0n) is 12.0. The van der Waals surface area contributed by atoms with Crippen LogP contribution in [0.2, 0.25) is 0 Å². The number of carbonyl (C=O) groups excluding carboxylic acids is 2. The second-order valence-electron chi connectivity index (χ2n) is 5.26. The number of likely N-dealkylation sites (tertiary alicyclic amines) is 1. The molecular weight excluding hydrogens is 246 g/mol. The summed E-state index contributed by atoms with van der Waals surface area (Å²) in [7, 11) is 0. The van der Waals surface area contributed by atoms with Crippen molar-refractivity contribution in [2.75, 3.05) is 19.7 Å². The van der Waals surface area contributed by atoms with Crippen LogP contribution in [0.5, 0.6) is 0 Å². The van der Waals surface area contributed by atoms with Crippen molar-refractivity contribution in [1.82, 2.24) is 10.2 Å². The van der Waals surface area contributed by atoms with Gasteiger partial charge in [0.15, 0.2) is 0 Å². The first-order chi connectivity index (χ1) is 8.95. The first-order valence-corrected chi connectivity index (χ1v) is 6.93. The van der Waals surface area contributed by atoms with Gasteiger partial charge in [0, 0.05) is 19.1 Å². The van der Waals surface area contributed by atoms with E-state index in [1.807, 2.05) is 13.8 Å². The minimum Gasteiger partial charge on any atom is -0.450 e. The fraction of sp³-hybridized carbons (Fsp3) is 0.846. The Morgan fingerprint density at radius 3 is 2.74 bits per heavy atom. The first-order valence-electron chi connectivity index (χ1n) is 6.93. The Hall–Kier alpha value is -1.30. The number of amides is 2. The van der Waals surface area contributed by atoms with Crippen molar-refractivity contribution in [3.8, 4) is 0 Å². The minimum absolute atomic E-state index is 0.0367. The molecule has 0 aromatic rings. The third-order valence-corrected chi connectivity index (χ3v) is 3.33. The van der Waals surface area contributed by atoms with Crippen LogP contribution in [0.3, 0.4) is 0 Å². The van der Waals surface area contributed by atoms with Crippen LogP contribution in [-0.2, 0) is 9.53 Å². The summed E-state index contributed by atoms with van der Waals surface area (Å²) in [6.07, 6.45) is 1.31. The lowest BCUT2D eigenvalue weighted by atomic mass is 10.0. The molecule has 0 spiro atoms. The summed E-state index contributed by atoms with van der Waals surface area (Å²) in [5, 5.41) is 2.78. The van der Waals surface area contributed by atoms with Gasteiger partial charge in [-0.2, -0.15) is 0 Å². The molecule has 1 heterocycles. The molecule has 1 saturated heterocycles. The highest BCUT2D eigenvalue weighted by atomic mass is 16.5. The van der Waals surface area contributed by atoms with Crippen LogP contribution in [-0.4, -0.2) is 48.7 Å². The SMILES string of the molecule is CCOC(=O)NC1CCCN(C(=O)C(N)C(C)C)C1. The zero-order chi connectivity index (χ0) is 14.4. The highest BCUT2D eigenvalue weighted by molar-refractivity contribution is 5.82. The number of carbonyl (C=O) groups is 2. The van der Waals surface area contributed by atoms with E-state index in [1.54, 1.807) is 11.8 Å². The summed E-state index contributed by atoms with van der Waals surface area (Å²) in [6, 6.07) is -0.516. The Morgan fingerprint density at radius 2 is 2.16 bits per heavy atom. The Morgan fingerprint density at radius 1 is 1.47 bits per heavy atom. The molecule has 1 aliphatic heterocycles. The molecule has 6 nitrogen and oxygen atoms in total. The Bertz CT molecular complexity index is 320. The van der Waals surface area contributed by atoms with Gasteiger partial charge in [0.2, 0.25) is 5.91 Å². The molecule has 1 aliphatic rings. The van der Waals surface area contributed by atoms with Gasteiger partial charge < -0.3 is 20.7 Å². The fourth-order valence-electron chi connectivity index (χ4n) is 2.13. The van der Waals surface area contributed by atoms with Crippen LogP contribution in [0.15, 0.2) is 0 Å². The third-order valence-electron chi connectivity index (χ3n) is 3.33. The van der Waals surface area contributed by atoms with E-state index in [1.165, 1.54) is 0 Å². The summed E-state index contributed by atoms with van der Waals surface area (Å²) in [5.74, 6) is 0.0799. The number of nitrogens with two attached hydrogens (primary N) is 1. The third kappa shape index (κ3) is 4.70. The Labute approximate surface area is 114 Å². The van der Waals surface area contributed by atoms with Crippen molar-refractivity contribution in [2.45, 2.75) is 45.7 Å². The van der Waals surface area contributed by atoms with Crippen molar-refractivity contribution in [3.63, 3.8) is 0 Å². The standard InChI is InChI=1S/C13H25N3O3/c1-4-19-13(18)15-10-6-5-7-16(8-10)12(17)11(14)9(2)3/h9-11H,4-8,14H2,1-3H3,(H,15,18). The average Bonchev–Trinajstić information content (AvgIpc) is 2.37. The summed E-state index contributed by atoms with van der Waals surface area (Å²) in [6.45, 7) is 7.19.